The fraction of sp³-hybridized carbons (Fsp3) is 0.318. The Morgan fingerprint density at radius 2 is 1.97 bits per heavy atom. The summed E-state index contributed by atoms with van der Waals surface area (Å²) in [5.41, 5.74) is 1.71. The van der Waals surface area contributed by atoms with E-state index in [1.165, 1.54) is 16.6 Å². The third kappa shape index (κ3) is 4.74. The number of ether oxygens (including phenoxy) is 1. The van der Waals surface area contributed by atoms with Gasteiger partial charge in [0, 0.05) is 37.7 Å². The van der Waals surface area contributed by atoms with E-state index >= 15 is 0 Å². The van der Waals surface area contributed by atoms with Crippen LogP contribution in [0.5, 0.6) is 5.75 Å². The molecule has 2 heterocycles. The van der Waals surface area contributed by atoms with E-state index in [-0.39, 0.29) is 18.4 Å². The zero-order valence-corrected chi connectivity index (χ0v) is 17.1. The van der Waals surface area contributed by atoms with Gasteiger partial charge in [0.2, 0.25) is 5.91 Å². The molecular weight excluding hydrogens is 386 g/mol. The number of thiazole rings is 1. The number of amides is 2. The number of rotatable bonds is 5. The minimum Gasteiger partial charge on any atom is -0.484 e. The number of anilines is 1. The van der Waals surface area contributed by atoms with E-state index in [0.29, 0.717) is 30.4 Å². The van der Waals surface area contributed by atoms with E-state index < -0.39 is 0 Å². The summed E-state index contributed by atoms with van der Waals surface area (Å²) < 4.78 is 6.86. The van der Waals surface area contributed by atoms with Crippen molar-refractivity contribution in [1.82, 2.24) is 9.88 Å². The molecule has 29 heavy (non-hydrogen) atoms. The number of carbonyl (C=O) groups is 2. The van der Waals surface area contributed by atoms with Gasteiger partial charge in [-0.1, -0.05) is 18.2 Å². The van der Waals surface area contributed by atoms with Crippen LogP contribution in [0.2, 0.25) is 0 Å². The van der Waals surface area contributed by atoms with Crippen LogP contribution in [0.1, 0.15) is 30.7 Å². The molecule has 7 heteroatoms. The van der Waals surface area contributed by atoms with Crippen molar-refractivity contribution in [3.63, 3.8) is 0 Å². The molecule has 1 aromatic heterocycles. The zero-order valence-electron chi connectivity index (χ0n) is 16.3. The number of hydrogen-bond acceptors (Lipinski definition) is 5. The Kier molecular flexibility index (Phi) is 5.76. The smallest absolute Gasteiger partial charge is 0.260 e. The molecule has 2 aromatic carbocycles. The first kappa shape index (κ1) is 19.4. The highest BCUT2D eigenvalue weighted by Crippen LogP contribution is 2.33. The minimum absolute atomic E-state index is 0.00463. The van der Waals surface area contributed by atoms with Gasteiger partial charge in [-0.05, 0) is 37.1 Å². The quantitative estimate of drug-likeness (QED) is 0.690. The van der Waals surface area contributed by atoms with Crippen LogP contribution in [-0.2, 0) is 9.59 Å². The monoisotopic (exact) mass is 409 g/mol. The molecule has 0 aliphatic carbocycles. The molecule has 6 nitrogen and oxygen atoms in total. The predicted octanol–water partition coefficient (Wildman–Crippen LogP) is 4.04. The third-order valence-electron chi connectivity index (χ3n) is 5.02. The molecule has 0 atom stereocenters. The number of aromatic nitrogens is 1. The van der Waals surface area contributed by atoms with E-state index in [2.05, 4.69) is 11.4 Å². The van der Waals surface area contributed by atoms with Crippen molar-refractivity contribution in [2.24, 2.45) is 0 Å². The van der Waals surface area contributed by atoms with E-state index in [0.717, 1.165) is 18.4 Å². The van der Waals surface area contributed by atoms with E-state index in [4.69, 9.17) is 9.72 Å². The number of benzene rings is 2. The first-order chi connectivity index (χ1) is 14.1. The summed E-state index contributed by atoms with van der Waals surface area (Å²) in [6, 6.07) is 15.3. The van der Waals surface area contributed by atoms with Gasteiger partial charge >= 0.3 is 0 Å². The molecule has 0 saturated carbocycles. The lowest BCUT2D eigenvalue weighted by Gasteiger charge is -2.31. The summed E-state index contributed by atoms with van der Waals surface area (Å²) in [6.45, 7) is 2.88. The Morgan fingerprint density at radius 3 is 2.72 bits per heavy atom. The van der Waals surface area contributed by atoms with Crippen molar-refractivity contribution < 1.29 is 14.3 Å². The summed E-state index contributed by atoms with van der Waals surface area (Å²) in [4.78, 5) is 30.3. The van der Waals surface area contributed by atoms with Crippen molar-refractivity contribution in [3.05, 3.63) is 53.5 Å². The van der Waals surface area contributed by atoms with Gasteiger partial charge in [0.05, 0.1) is 15.2 Å². The molecular formula is C22H23N3O3S. The van der Waals surface area contributed by atoms with Crippen molar-refractivity contribution in [2.75, 3.05) is 25.0 Å². The van der Waals surface area contributed by atoms with E-state index in [1.807, 2.05) is 23.1 Å². The molecule has 3 aromatic rings. The van der Waals surface area contributed by atoms with Crippen LogP contribution in [0.4, 0.5) is 5.69 Å². The number of fused-ring (bicyclic) bond motifs is 1. The average Bonchev–Trinajstić information content (AvgIpc) is 3.16. The average molecular weight is 410 g/mol. The molecule has 0 bridgehead atoms. The van der Waals surface area contributed by atoms with Gasteiger partial charge < -0.3 is 15.0 Å². The molecule has 2 amide bonds. The standard InChI is InChI=1S/C22H23N3O3S/c1-15(26)23-17-5-4-6-18(13-17)28-14-21(27)25-11-9-16(10-12-25)22-24-19-7-2-3-8-20(19)29-22/h2-8,13,16H,9-12,14H2,1H3,(H,23,26). The Bertz CT molecular complexity index is 992. The maximum Gasteiger partial charge on any atom is 0.260 e. The summed E-state index contributed by atoms with van der Waals surface area (Å²) in [6.07, 6.45) is 1.84. The fourth-order valence-electron chi connectivity index (χ4n) is 3.54. The Hall–Kier alpha value is -2.93. The van der Waals surface area contributed by atoms with Crippen molar-refractivity contribution in [3.8, 4) is 5.75 Å². The summed E-state index contributed by atoms with van der Waals surface area (Å²) in [5, 5.41) is 3.88. The molecule has 1 saturated heterocycles. The summed E-state index contributed by atoms with van der Waals surface area (Å²) in [7, 11) is 0. The second kappa shape index (κ2) is 8.61. The molecule has 1 aliphatic heterocycles. The van der Waals surface area contributed by atoms with E-state index in [1.54, 1.807) is 35.6 Å². The van der Waals surface area contributed by atoms with Gasteiger partial charge in [0.25, 0.3) is 5.91 Å². The Labute approximate surface area is 173 Å². The molecule has 0 spiro atoms. The van der Waals surface area contributed by atoms with Gasteiger partial charge in [0.1, 0.15) is 5.75 Å². The first-order valence-electron chi connectivity index (χ1n) is 9.72. The minimum atomic E-state index is -0.144. The van der Waals surface area contributed by atoms with Crippen LogP contribution in [0.25, 0.3) is 10.2 Å². The number of likely N-dealkylation sites (tertiary alicyclic amines) is 1. The molecule has 4 rings (SSSR count). The highest BCUT2D eigenvalue weighted by atomic mass is 32.1. The highest BCUT2D eigenvalue weighted by molar-refractivity contribution is 7.18. The van der Waals surface area contributed by atoms with Crippen LogP contribution in [0, 0.1) is 0 Å². The fourth-order valence-corrected chi connectivity index (χ4v) is 4.68. The van der Waals surface area contributed by atoms with Crippen molar-refractivity contribution >= 4 is 39.1 Å². The van der Waals surface area contributed by atoms with Crippen LogP contribution in [0.3, 0.4) is 0 Å². The Balaban J connectivity index is 1.29. The maximum atomic E-state index is 12.5. The van der Waals surface area contributed by atoms with Gasteiger partial charge in [0.15, 0.2) is 6.61 Å². The SMILES string of the molecule is CC(=O)Nc1cccc(OCC(=O)N2CCC(c3nc4ccccc4s3)CC2)c1. The zero-order chi connectivity index (χ0) is 20.2. The number of carbonyl (C=O) groups excluding carboxylic acids is 2. The summed E-state index contributed by atoms with van der Waals surface area (Å²) in [5.74, 6) is 0.813. The number of para-hydroxylation sites is 1. The number of nitrogens with one attached hydrogen (secondary N) is 1. The first-order valence-corrected chi connectivity index (χ1v) is 10.5. The van der Waals surface area contributed by atoms with Gasteiger partial charge in [-0.15, -0.1) is 11.3 Å². The second-order valence-electron chi connectivity index (χ2n) is 7.17. The highest BCUT2D eigenvalue weighted by Gasteiger charge is 2.26. The van der Waals surface area contributed by atoms with Gasteiger partial charge in [-0.2, -0.15) is 0 Å². The largest absolute Gasteiger partial charge is 0.484 e. The van der Waals surface area contributed by atoms with Crippen molar-refractivity contribution in [2.45, 2.75) is 25.7 Å². The Morgan fingerprint density at radius 1 is 1.17 bits per heavy atom. The number of piperidine rings is 1. The molecule has 150 valence electrons. The van der Waals surface area contributed by atoms with Gasteiger partial charge in [-0.3, -0.25) is 9.59 Å². The van der Waals surface area contributed by atoms with Crippen LogP contribution < -0.4 is 10.1 Å². The lowest BCUT2D eigenvalue weighted by atomic mass is 9.97. The number of hydrogen-bond donors (Lipinski definition) is 1. The van der Waals surface area contributed by atoms with Crippen LogP contribution in [0.15, 0.2) is 48.5 Å². The molecule has 1 N–H and O–H groups in total. The molecule has 1 aliphatic rings. The molecule has 0 unspecified atom stereocenters. The number of nitrogens with zero attached hydrogens (tertiary/aromatic N) is 2. The lowest BCUT2D eigenvalue weighted by Crippen LogP contribution is -2.40. The normalized spacial score (nSPS) is 14.7. The van der Waals surface area contributed by atoms with Crippen LogP contribution >= 0.6 is 11.3 Å². The van der Waals surface area contributed by atoms with Crippen molar-refractivity contribution in [1.29, 1.82) is 0 Å². The van der Waals surface area contributed by atoms with E-state index in [9.17, 15) is 9.59 Å². The van der Waals surface area contributed by atoms with Crippen LogP contribution in [-0.4, -0.2) is 41.4 Å². The topological polar surface area (TPSA) is 71.5 Å². The second-order valence-corrected chi connectivity index (χ2v) is 8.23. The third-order valence-corrected chi connectivity index (χ3v) is 6.22. The predicted molar refractivity (Wildman–Crippen MR) is 114 cm³/mol. The summed E-state index contributed by atoms with van der Waals surface area (Å²) >= 11 is 1.76. The maximum absolute atomic E-state index is 12.5. The lowest BCUT2D eigenvalue weighted by molar-refractivity contribution is -0.134. The van der Waals surface area contributed by atoms with Gasteiger partial charge in [-0.25, -0.2) is 4.98 Å². The molecule has 1 fully saturated rings. The molecule has 0 radical (unpaired) electrons.